The lowest BCUT2D eigenvalue weighted by molar-refractivity contribution is -0.133. The molecule has 3 N–H and O–H groups in total. The molecule has 2 aliphatic heterocycles. The minimum absolute atomic E-state index is 0.156. The number of para-hydroxylation sites is 1. The summed E-state index contributed by atoms with van der Waals surface area (Å²) in [4.78, 5) is 11.4. The van der Waals surface area contributed by atoms with Gasteiger partial charge in [-0.3, -0.25) is 5.32 Å². The Morgan fingerprint density at radius 2 is 2.00 bits per heavy atom. The number of fused-ring (bicyclic) bond motifs is 2. The van der Waals surface area contributed by atoms with Gasteiger partial charge in [-0.05, 0) is 42.5 Å². The molecule has 5 nitrogen and oxygen atoms in total. The zero-order valence-electron chi connectivity index (χ0n) is 16.2. The van der Waals surface area contributed by atoms with Gasteiger partial charge < -0.3 is 15.2 Å². The highest BCUT2D eigenvalue weighted by molar-refractivity contribution is 6.32. The highest BCUT2D eigenvalue weighted by Crippen LogP contribution is 2.33. The fourth-order valence-corrected chi connectivity index (χ4v) is 4.35. The molecule has 4 rings (SSSR count). The number of aliphatic carboxylic acids is 1. The first-order valence-electron chi connectivity index (χ1n) is 9.96. The summed E-state index contributed by atoms with van der Waals surface area (Å²) in [5.41, 5.74) is 2.66. The quantitative estimate of drug-likeness (QED) is 0.607. The van der Waals surface area contributed by atoms with Crippen molar-refractivity contribution in [2.75, 3.05) is 19.7 Å². The number of hydrogen-bond acceptors (Lipinski definition) is 4. The van der Waals surface area contributed by atoms with E-state index in [1.807, 2.05) is 30.3 Å². The first-order chi connectivity index (χ1) is 14.1. The van der Waals surface area contributed by atoms with Crippen LogP contribution in [0.2, 0.25) is 5.02 Å². The molecule has 0 saturated carbocycles. The summed E-state index contributed by atoms with van der Waals surface area (Å²) < 4.78 is 5.75. The Labute approximate surface area is 175 Å². The Balaban J connectivity index is 1.36. The minimum Gasteiger partial charge on any atom is -0.492 e. The zero-order chi connectivity index (χ0) is 20.3. The molecule has 29 heavy (non-hydrogen) atoms. The standard InChI is InChI=1S/C23H25ClN2O3/c24-19-5-1-2-6-21(19)29-13-3-4-16-7-9-17(10-8-16)23-12-11-18(22(27)28)20(26-23)14-25-15-23/h1-2,5-11,20,25-26H,3-4,12-15H2,(H,27,28). The molecule has 1 saturated heterocycles. The summed E-state index contributed by atoms with van der Waals surface area (Å²) in [7, 11) is 0. The summed E-state index contributed by atoms with van der Waals surface area (Å²) in [6.07, 6.45) is 4.38. The molecule has 2 bridgehead atoms. The Morgan fingerprint density at radius 3 is 2.76 bits per heavy atom. The van der Waals surface area contributed by atoms with Crippen molar-refractivity contribution in [2.45, 2.75) is 30.8 Å². The van der Waals surface area contributed by atoms with E-state index in [9.17, 15) is 9.90 Å². The average Bonchev–Trinajstić information content (AvgIpc) is 2.73. The molecular weight excluding hydrogens is 388 g/mol. The second-order valence-corrected chi connectivity index (χ2v) is 8.07. The molecule has 0 aliphatic carbocycles. The summed E-state index contributed by atoms with van der Waals surface area (Å²) in [5.74, 6) is -0.116. The van der Waals surface area contributed by atoms with Crippen LogP contribution in [0.4, 0.5) is 0 Å². The van der Waals surface area contributed by atoms with Crippen LogP contribution in [0.5, 0.6) is 5.75 Å². The largest absolute Gasteiger partial charge is 0.492 e. The number of benzene rings is 2. The molecule has 2 aromatic rings. The fraction of sp³-hybridized carbons (Fsp3) is 0.348. The molecule has 2 atom stereocenters. The lowest BCUT2D eigenvalue weighted by atomic mass is 9.78. The van der Waals surface area contributed by atoms with Crippen LogP contribution in [-0.2, 0) is 16.8 Å². The van der Waals surface area contributed by atoms with E-state index in [1.165, 1.54) is 11.1 Å². The Kier molecular flexibility index (Phi) is 5.90. The number of ether oxygens (including phenoxy) is 1. The normalized spacial score (nSPS) is 23.3. The highest BCUT2D eigenvalue weighted by atomic mass is 35.5. The number of aryl methyl sites for hydroxylation is 1. The molecule has 0 radical (unpaired) electrons. The fourth-order valence-electron chi connectivity index (χ4n) is 4.16. The average molecular weight is 413 g/mol. The van der Waals surface area contributed by atoms with Crippen LogP contribution in [0, 0.1) is 0 Å². The maximum Gasteiger partial charge on any atom is 0.332 e. The number of hydrogen-bond donors (Lipinski definition) is 3. The molecular formula is C23H25ClN2O3. The summed E-state index contributed by atoms with van der Waals surface area (Å²) in [6, 6.07) is 16.0. The van der Waals surface area contributed by atoms with Crippen LogP contribution in [0.25, 0.3) is 0 Å². The number of carbonyl (C=O) groups is 1. The van der Waals surface area contributed by atoms with Crippen molar-refractivity contribution in [3.63, 3.8) is 0 Å². The molecule has 1 fully saturated rings. The van der Waals surface area contributed by atoms with Gasteiger partial charge in [0.25, 0.3) is 0 Å². The van der Waals surface area contributed by atoms with Crippen LogP contribution in [-0.4, -0.2) is 36.8 Å². The van der Waals surface area contributed by atoms with Gasteiger partial charge in [0.1, 0.15) is 5.75 Å². The van der Waals surface area contributed by atoms with E-state index >= 15 is 0 Å². The van der Waals surface area contributed by atoms with E-state index in [2.05, 4.69) is 34.9 Å². The maximum absolute atomic E-state index is 11.4. The SMILES string of the molecule is O=C(O)C1=CCC2(c3ccc(CCCOc4ccccc4Cl)cc3)CNCC1N2. The van der Waals surface area contributed by atoms with E-state index in [0.29, 0.717) is 30.2 Å². The van der Waals surface area contributed by atoms with Gasteiger partial charge in [-0.15, -0.1) is 0 Å². The lowest BCUT2D eigenvalue weighted by Gasteiger charge is -2.46. The van der Waals surface area contributed by atoms with Crippen LogP contribution in [0.15, 0.2) is 60.2 Å². The molecule has 6 heteroatoms. The number of piperazine rings is 1. The molecule has 2 aromatic carbocycles. The van der Waals surface area contributed by atoms with Crippen molar-refractivity contribution in [2.24, 2.45) is 0 Å². The molecule has 0 aromatic heterocycles. The van der Waals surface area contributed by atoms with Crippen LogP contribution in [0.1, 0.15) is 24.0 Å². The van der Waals surface area contributed by atoms with Crippen molar-refractivity contribution in [3.05, 3.63) is 76.3 Å². The van der Waals surface area contributed by atoms with Gasteiger partial charge >= 0.3 is 5.97 Å². The summed E-state index contributed by atoms with van der Waals surface area (Å²) in [6.45, 7) is 2.05. The predicted molar refractivity (Wildman–Crippen MR) is 114 cm³/mol. The van der Waals surface area contributed by atoms with Crippen molar-refractivity contribution >= 4 is 17.6 Å². The smallest absolute Gasteiger partial charge is 0.332 e. The number of carboxylic acids is 1. The van der Waals surface area contributed by atoms with Crippen molar-refractivity contribution in [1.82, 2.24) is 10.6 Å². The van der Waals surface area contributed by atoms with Gasteiger partial charge in [0.2, 0.25) is 0 Å². The van der Waals surface area contributed by atoms with E-state index in [-0.39, 0.29) is 11.6 Å². The van der Waals surface area contributed by atoms with Crippen molar-refractivity contribution in [3.8, 4) is 5.75 Å². The summed E-state index contributed by atoms with van der Waals surface area (Å²) in [5, 5.41) is 17.0. The van der Waals surface area contributed by atoms with E-state index in [4.69, 9.17) is 16.3 Å². The third-order valence-corrected chi connectivity index (χ3v) is 6.04. The van der Waals surface area contributed by atoms with Crippen LogP contribution >= 0.6 is 11.6 Å². The predicted octanol–water partition coefficient (Wildman–Crippen LogP) is 3.52. The first-order valence-corrected chi connectivity index (χ1v) is 10.3. The number of nitrogens with one attached hydrogen (secondary N) is 2. The molecule has 2 aliphatic rings. The minimum atomic E-state index is -0.839. The Bertz CT molecular complexity index is 913. The first kappa shape index (κ1) is 20.0. The van der Waals surface area contributed by atoms with Crippen molar-refractivity contribution in [1.29, 1.82) is 0 Å². The molecule has 0 amide bonds. The van der Waals surface area contributed by atoms with Gasteiger partial charge in [0.15, 0.2) is 0 Å². The third kappa shape index (κ3) is 4.32. The van der Waals surface area contributed by atoms with E-state index < -0.39 is 5.97 Å². The van der Waals surface area contributed by atoms with Gasteiger partial charge in [-0.1, -0.05) is 54.1 Å². The van der Waals surface area contributed by atoms with E-state index in [0.717, 1.165) is 25.1 Å². The van der Waals surface area contributed by atoms with E-state index in [1.54, 1.807) is 0 Å². The highest BCUT2D eigenvalue weighted by Gasteiger charge is 2.42. The van der Waals surface area contributed by atoms with Gasteiger partial charge in [0.05, 0.1) is 28.8 Å². The van der Waals surface area contributed by atoms with Gasteiger partial charge in [-0.25, -0.2) is 4.79 Å². The lowest BCUT2D eigenvalue weighted by Crippen LogP contribution is -2.64. The Morgan fingerprint density at radius 1 is 1.21 bits per heavy atom. The third-order valence-electron chi connectivity index (χ3n) is 5.73. The molecule has 152 valence electrons. The van der Waals surface area contributed by atoms with Gasteiger partial charge in [-0.2, -0.15) is 0 Å². The Hall–Kier alpha value is -2.34. The van der Waals surface area contributed by atoms with Crippen LogP contribution in [0.3, 0.4) is 0 Å². The molecule has 2 heterocycles. The maximum atomic E-state index is 11.4. The van der Waals surface area contributed by atoms with Gasteiger partial charge in [0, 0.05) is 13.1 Å². The molecule has 0 spiro atoms. The number of rotatable bonds is 7. The monoisotopic (exact) mass is 412 g/mol. The number of carboxylic acid groups (broad SMARTS) is 1. The number of halogens is 1. The molecule has 2 unspecified atom stereocenters. The second kappa shape index (κ2) is 8.57. The van der Waals surface area contributed by atoms with Crippen LogP contribution < -0.4 is 15.4 Å². The van der Waals surface area contributed by atoms with Crippen molar-refractivity contribution < 1.29 is 14.6 Å². The second-order valence-electron chi connectivity index (χ2n) is 7.66. The zero-order valence-corrected chi connectivity index (χ0v) is 16.9. The topological polar surface area (TPSA) is 70.6 Å². The summed E-state index contributed by atoms with van der Waals surface area (Å²) >= 11 is 6.11.